The highest BCUT2D eigenvalue weighted by Gasteiger charge is 2.22. The molecule has 0 aromatic rings. The molecule has 0 saturated carbocycles. The molecule has 0 aromatic carbocycles. The molecule has 6 N–H and O–H groups in total. The van der Waals surface area contributed by atoms with Crippen LogP contribution >= 0.6 is 0 Å². The fraction of sp³-hybridized carbons (Fsp3) is 0.727. The molecule has 110 valence electrons. The third-order valence-corrected chi connectivity index (χ3v) is 2.52. The van der Waals surface area contributed by atoms with Gasteiger partial charge in [0, 0.05) is 13.1 Å². The largest absolute Gasteiger partial charge is 0.381 e. The van der Waals surface area contributed by atoms with E-state index < -0.39 is 18.1 Å². The summed E-state index contributed by atoms with van der Waals surface area (Å²) in [6.45, 7) is 2.86. The first-order chi connectivity index (χ1) is 9.02. The van der Waals surface area contributed by atoms with Gasteiger partial charge < -0.3 is 26.8 Å². The number of nitrogens with two attached hydrogens (primary N) is 1. The average molecular weight is 274 g/mol. The fourth-order valence-corrected chi connectivity index (χ4v) is 1.53. The maximum Gasteiger partial charge on any atom is 0.314 e. The van der Waals surface area contributed by atoms with Crippen molar-refractivity contribution in [3.05, 3.63) is 0 Å². The molecule has 0 aliphatic rings. The molecule has 8 heteroatoms. The van der Waals surface area contributed by atoms with Crippen molar-refractivity contribution in [2.24, 2.45) is 5.73 Å². The normalized spacial score (nSPS) is 13.2. The first-order valence-electron chi connectivity index (χ1n) is 6.21. The maximum absolute atomic E-state index is 11.1. The summed E-state index contributed by atoms with van der Waals surface area (Å²) in [7, 11) is 0. The van der Waals surface area contributed by atoms with E-state index in [9.17, 15) is 19.5 Å². The van der Waals surface area contributed by atoms with E-state index >= 15 is 0 Å². The lowest BCUT2D eigenvalue weighted by Crippen LogP contribution is -2.46. The fourth-order valence-electron chi connectivity index (χ4n) is 1.53. The lowest BCUT2D eigenvalue weighted by atomic mass is 10.0. The topological polar surface area (TPSA) is 134 Å². The van der Waals surface area contributed by atoms with Crippen molar-refractivity contribution in [1.29, 1.82) is 0 Å². The van der Waals surface area contributed by atoms with Crippen molar-refractivity contribution in [2.45, 2.75) is 38.3 Å². The van der Waals surface area contributed by atoms with Gasteiger partial charge in [0.25, 0.3) is 0 Å². The number of hydrogen-bond donors (Lipinski definition) is 5. The second-order valence-electron chi connectivity index (χ2n) is 4.02. The second kappa shape index (κ2) is 10.1. The summed E-state index contributed by atoms with van der Waals surface area (Å²) in [6.07, 6.45) is 0.715. The summed E-state index contributed by atoms with van der Waals surface area (Å²) in [5, 5.41) is 17.0. The number of nitrogens with one attached hydrogen (secondary N) is 3. The summed E-state index contributed by atoms with van der Waals surface area (Å²) in [6, 6.07) is -0.929. The van der Waals surface area contributed by atoms with Crippen molar-refractivity contribution in [3.63, 3.8) is 0 Å². The molecular formula is C11H22N4O4. The average Bonchev–Trinajstić information content (AvgIpc) is 2.36. The molecule has 2 atom stereocenters. The smallest absolute Gasteiger partial charge is 0.314 e. The zero-order valence-corrected chi connectivity index (χ0v) is 11.0. The number of hydrogen-bond acceptors (Lipinski definition) is 4. The van der Waals surface area contributed by atoms with Crippen LogP contribution < -0.4 is 21.7 Å². The molecule has 19 heavy (non-hydrogen) atoms. The van der Waals surface area contributed by atoms with Crippen molar-refractivity contribution in [3.8, 4) is 0 Å². The molecule has 0 aliphatic heterocycles. The third kappa shape index (κ3) is 7.98. The first-order valence-corrected chi connectivity index (χ1v) is 6.21. The third-order valence-electron chi connectivity index (χ3n) is 2.52. The number of primary amides is 1. The summed E-state index contributed by atoms with van der Waals surface area (Å²) < 4.78 is 0. The van der Waals surface area contributed by atoms with Gasteiger partial charge in [-0.15, -0.1) is 0 Å². The van der Waals surface area contributed by atoms with E-state index in [1.807, 2.05) is 6.92 Å². The Balaban J connectivity index is 3.84. The molecular weight excluding hydrogens is 252 g/mol. The molecule has 0 rings (SSSR count). The summed E-state index contributed by atoms with van der Waals surface area (Å²) >= 11 is 0. The Morgan fingerprint density at radius 1 is 1.32 bits per heavy atom. The standard InChI is InChI=1S/C11H22N4O4/c1-2-13-11(19)14-6-4-3-5-8(15-7-16)9(17)10(12)18/h7-9,17H,2-6H2,1H3,(H2,12,18)(H,15,16)(H2,13,14,19). The highest BCUT2D eigenvalue weighted by atomic mass is 16.3. The monoisotopic (exact) mass is 274 g/mol. The molecule has 0 aromatic heterocycles. The van der Waals surface area contributed by atoms with E-state index in [2.05, 4.69) is 16.0 Å². The van der Waals surface area contributed by atoms with Crippen molar-refractivity contribution < 1.29 is 19.5 Å². The number of aliphatic hydroxyl groups excluding tert-OH is 1. The van der Waals surface area contributed by atoms with Crippen molar-refractivity contribution in [2.75, 3.05) is 13.1 Å². The number of aliphatic hydroxyl groups is 1. The molecule has 2 unspecified atom stereocenters. The van der Waals surface area contributed by atoms with Crippen LogP contribution in [0.2, 0.25) is 0 Å². The van der Waals surface area contributed by atoms with Crippen molar-refractivity contribution in [1.82, 2.24) is 16.0 Å². The predicted molar refractivity (Wildman–Crippen MR) is 69.1 cm³/mol. The summed E-state index contributed by atoms with van der Waals surface area (Å²) in [5.74, 6) is -0.875. The van der Waals surface area contributed by atoms with E-state index in [1.165, 1.54) is 0 Å². The first kappa shape index (κ1) is 17.2. The Morgan fingerprint density at radius 2 is 2.00 bits per heavy atom. The number of carbonyl (C=O) groups excluding carboxylic acids is 3. The Kier molecular flexibility index (Phi) is 9.15. The molecule has 0 spiro atoms. The second-order valence-corrected chi connectivity index (χ2v) is 4.02. The SMILES string of the molecule is CCNC(=O)NCCCCC(NC=O)C(O)C(N)=O. The van der Waals surface area contributed by atoms with Crippen LogP contribution in [-0.4, -0.2) is 48.7 Å². The number of unbranched alkanes of at least 4 members (excludes halogenated alkanes) is 1. The number of carbonyl (C=O) groups is 3. The molecule has 0 bridgehead atoms. The highest BCUT2D eigenvalue weighted by Crippen LogP contribution is 2.04. The minimum absolute atomic E-state index is 0.234. The highest BCUT2D eigenvalue weighted by molar-refractivity contribution is 5.79. The van der Waals surface area contributed by atoms with Crippen LogP contribution in [0, 0.1) is 0 Å². The van der Waals surface area contributed by atoms with Crippen LogP contribution in [0.5, 0.6) is 0 Å². The van der Waals surface area contributed by atoms with E-state index in [0.717, 1.165) is 0 Å². The maximum atomic E-state index is 11.1. The van der Waals surface area contributed by atoms with Gasteiger partial charge in [0.05, 0.1) is 6.04 Å². The van der Waals surface area contributed by atoms with Gasteiger partial charge in [-0.2, -0.15) is 0 Å². The van der Waals surface area contributed by atoms with Gasteiger partial charge in [-0.3, -0.25) is 9.59 Å². The van der Waals surface area contributed by atoms with Crippen molar-refractivity contribution >= 4 is 18.3 Å². The van der Waals surface area contributed by atoms with E-state index in [4.69, 9.17) is 5.73 Å². The van der Waals surface area contributed by atoms with E-state index in [1.54, 1.807) is 0 Å². The van der Waals surface area contributed by atoms with Crippen LogP contribution in [0.3, 0.4) is 0 Å². The van der Waals surface area contributed by atoms with Gasteiger partial charge in [0.15, 0.2) is 6.10 Å². The molecule has 8 nitrogen and oxygen atoms in total. The summed E-state index contributed by atoms with van der Waals surface area (Å²) in [4.78, 5) is 32.2. The lowest BCUT2D eigenvalue weighted by Gasteiger charge is -2.19. The lowest BCUT2D eigenvalue weighted by molar-refractivity contribution is -0.128. The van der Waals surface area contributed by atoms with Gasteiger partial charge in [-0.05, 0) is 26.2 Å². The molecule has 0 radical (unpaired) electrons. The van der Waals surface area contributed by atoms with Gasteiger partial charge in [-0.25, -0.2) is 4.79 Å². The van der Waals surface area contributed by atoms with Crippen LogP contribution in [0.25, 0.3) is 0 Å². The molecule has 4 amide bonds. The quantitative estimate of drug-likeness (QED) is 0.243. The van der Waals surface area contributed by atoms with Gasteiger partial charge >= 0.3 is 6.03 Å². The number of amides is 4. The molecule has 0 aliphatic carbocycles. The van der Waals surface area contributed by atoms with Crippen LogP contribution in [0.1, 0.15) is 26.2 Å². The molecule has 0 fully saturated rings. The predicted octanol–water partition coefficient (Wildman–Crippen LogP) is -1.56. The van der Waals surface area contributed by atoms with Crippen LogP contribution in [0.15, 0.2) is 0 Å². The minimum atomic E-state index is -1.40. The van der Waals surface area contributed by atoms with Gasteiger partial charge in [0.1, 0.15) is 0 Å². The molecule has 0 heterocycles. The van der Waals surface area contributed by atoms with E-state index in [0.29, 0.717) is 38.8 Å². The minimum Gasteiger partial charge on any atom is -0.381 e. The van der Waals surface area contributed by atoms with Gasteiger partial charge in [-0.1, -0.05) is 0 Å². The Labute approximate surface area is 112 Å². The Bertz CT molecular complexity index is 298. The summed E-state index contributed by atoms with van der Waals surface area (Å²) in [5.41, 5.74) is 4.96. The van der Waals surface area contributed by atoms with Crippen LogP contribution in [0.4, 0.5) is 4.79 Å². The molecule has 0 saturated heterocycles. The zero-order chi connectivity index (χ0) is 14.7. The Hall–Kier alpha value is -1.83. The number of urea groups is 1. The Morgan fingerprint density at radius 3 is 2.53 bits per heavy atom. The zero-order valence-electron chi connectivity index (χ0n) is 11.0. The van der Waals surface area contributed by atoms with Crippen LogP contribution in [-0.2, 0) is 9.59 Å². The van der Waals surface area contributed by atoms with Gasteiger partial charge in [0.2, 0.25) is 12.3 Å². The number of rotatable bonds is 10. The van der Waals surface area contributed by atoms with E-state index in [-0.39, 0.29) is 6.03 Å².